The van der Waals surface area contributed by atoms with Gasteiger partial charge in [0.05, 0.1) is 24.8 Å². The van der Waals surface area contributed by atoms with Crippen molar-refractivity contribution in [1.29, 1.82) is 0 Å². The fraction of sp³-hybridized carbons (Fsp3) is 0.314. The molecule has 0 aliphatic carbocycles. The Morgan fingerprint density at radius 2 is 1.00 bits per heavy atom. The van der Waals surface area contributed by atoms with Gasteiger partial charge in [0, 0.05) is 0 Å². The van der Waals surface area contributed by atoms with Crippen molar-refractivity contribution in [2.45, 2.75) is 71.4 Å². The second-order valence-electron chi connectivity index (χ2n) is 10.8. The average Bonchev–Trinajstić information content (AvgIpc) is 3.01. The highest BCUT2D eigenvalue weighted by atomic mass is 28.3. The Kier molecular flexibility index (Phi) is 12.3. The Balaban J connectivity index is 0.000000258. The minimum absolute atomic E-state index is 0.368. The van der Waals surface area contributed by atoms with Crippen LogP contribution in [0.25, 0.3) is 0 Å². The van der Waals surface area contributed by atoms with E-state index in [-0.39, 0.29) is 0 Å². The van der Waals surface area contributed by atoms with Crippen molar-refractivity contribution in [1.82, 2.24) is 19.9 Å². The molecule has 0 spiro atoms. The summed E-state index contributed by atoms with van der Waals surface area (Å²) in [6, 6.07) is 20.0. The second kappa shape index (κ2) is 16.1. The zero-order chi connectivity index (χ0) is 30.4. The van der Waals surface area contributed by atoms with Gasteiger partial charge in [-0.05, 0) is 39.6 Å². The van der Waals surface area contributed by atoms with Gasteiger partial charge in [-0.2, -0.15) is 0 Å². The lowest BCUT2D eigenvalue weighted by molar-refractivity contribution is 0.303. The molecule has 0 N–H and O–H groups in total. The maximum Gasteiger partial charge on any atom is 0.204 e. The van der Waals surface area contributed by atoms with Crippen LogP contribution in [0.3, 0.4) is 0 Å². The van der Waals surface area contributed by atoms with Crippen molar-refractivity contribution in [3.05, 3.63) is 108 Å². The lowest BCUT2D eigenvalue weighted by Gasteiger charge is -2.37. The normalized spacial score (nSPS) is 10.8. The van der Waals surface area contributed by atoms with Crippen LogP contribution in [0, 0.1) is 23.8 Å². The zero-order valence-electron chi connectivity index (χ0n) is 25.4. The lowest BCUT2D eigenvalue weighted by Crippen LogP contribution is -2.43. The Morgan fingerprint density at radius 1 is 0.619 bits per heavy atom. The molecule has 7 heteroatoms. The Hall–Kier alpha value is -4.46. The Labute approximate surface area is 252 Å². The quantitative estimate of drug-likeness (QED) is 0.150. The number of hydrogen-bond donors (Lipinski definition) is 0. The largest absolute Gasteiger partial charge is 0.486 e. The topological polar surface area (TPSA) is 70.0 Å². The van der Waals surface area contributed by atoms with Crippen LogP contribution < -0.4 is 9.47 Å². The standard InChI is InChI=1S/C22H30N2OSi.C13H10N2O/c1-17(2)26(18(3)4,19(5)6)13-12-22-23-14-21(15-24-22)25-16-20-10-8-7-9-11-20;1-2-13-14-8-12(9-15-13)16-10-11-6-4-3-5-7-11/h7-11,14-15,17-19H,16H2,1-6H3;1,3-9H,10H2. The number of aromatic nitrogens is 4. The summed E-state index contributed by atoms with van der Waals surface area (Å²) in [5.41, 5.74) is 7.67. The molecule has 0 amide bonds. The van der Waals surface area contributed by atoms with Crippen LogP contribution in [-0.4, -0.2) is 28.0 Å². The number of terminal acetylenes is 1. The van der Waals surface area contributed by atoms with Gasteiger partial charge in [0.15, 0.2) is 11.5 Å². The minimum atomic E-state index is -1.76. The van der Waals surface area contributed by atoms with Crippen molar-refractivity contribution in [3.63, 3.8) is 0 Å². The highest BCUT2D eigenvalue weighted by Crippen LogP contribution is 2.40. The Bertz CT molecular complexity index is 1430. The third-order valence-corrected chi connectivity index (χ3v) is 13.4. The van der Waals surface area contributed by atoms with Gasteiger partial charge in [-0.1, -0.05) is 102 Å². The molecule has 0 aliphatic heterocycles. The van der Waals surface area contributed by atoms with Gasteiger partial charge in [0.1, 0.15) is 21.3 Å². The first-order chi connectivity index (χ1) is 20.2. The number of rotatable bonds is 9. The van der Waals surface area contributed by atoms with Crippen LogP contribution in [0.4, 0.5) is 0 Å². The summed E-state index contributed by atoms with van der Waals surface area (Å²) < 4.78 is 11.2. The van der Waals surface area contributed by atoms with Crippen LogP contribution in [0.1, 0.15) is 64.3 Å². The summed E-state index contributed by atoms with van der Waals surface area (Å²) in [5.74, 6) is 7.84. The maximum atomic E-state index is 5.74. The van der Waals surface area contributed by atoms with Crippen LogP contribution in [0.5, 0.6) is 11.5 Å². The molecule has 216 valence electrons. The summed E-state index contributed by atoms with van der Waals surface area (Å²) in [5, 5.41) is 0. The smallest absolute Gasteiger partial charge is 0.204 e. The van der Waals surface area contributed by atoms with Crippen LogP contribution in [-0.2, 0) is 13.2 Å². The molecule has 4 aromatic rings. The molecule has 6 nitrogen and oxygen atoms in total. The van der Waals surface area contributed by atoms with E-state index < -0.39 is 8.07 Å². The SMILES string of the molecule is C#Cc1ncc(OCc2ccccc2)cn1.CC(C)[Si](C#Cc1ncc(OCc2ccccc2)cn1)(C(C)C)C(C)C. The van der Waals surface area contributed by atoms with Gasteiger partial charge in [-0.3, -0.25) is 0 Å². The highest BCUT2D eigenvalue weighted by Gasteiger charge is 2.41. The van der Waals surface area contributed by atoms with E-state index in [4.69, 9.17) is 15.9 Å². The van der Waals surface area contributed by atoms with E-state index in [1.807, 2.05) is 60.7 Å². The molecule has 4 rings (SSSR count). The third-order valence-electron chi connectivity index (χ3n) is 7.14. The minimum Gasteiger partial charge on any atom is -0.486 e. The first-order valence-corrected chi connectivity index (χ1v) is 16.4. The second-order valence-corrected chi connectivity index (χ2v) is 16.4. The summed E-state index contributed by atoms with van der Waals surface area (Å²) >= 11 is 0. The predicted octanol–water partition coefficient (Wildman–Crippen LogP) is 7.66. The van der Waals surface area contributed by atoms with Crippen molar-refractivity contribution >= 4 is 8.07 Å². The fourth-order valence-corrected chi connectivity index (χ4v) is 10.2. The number of nitrogens with zero attached hydrogens (tertiary/aromatic N) is 4. The van der Waals surface area contributed by atoms with Gasteiger partial charge in [-0.15, -0.1) is 12.0 Å². The van der Waals surface area contributed by atoms with E-state index in [2.05, 4.69) is 78.9 Å². The molecule has 0 fully saturated rings. The van der Waals surface area contributed by atoms with Crippen molar-refractivity contribution < 1.29 is 9.47 Å². The van der Waals surface area contributed by atoms with Crippen molar-refractivity contribution in [2.24, 2.45) is 0 Å². The molecule has 0 aliphatic rings. The summed E-state index contributed by atoms with van der Waals surface area (Å²) in [6.07, 6.45) is 11.7. The predicted molar refractivity (Wildman–Crippen MR) is 171 cm³/mol. The molecular formula is C35H40N4O2Si. The maximum absolute atomic E-state index is 5.74. The first-order valence-electron chi connectivity index (χ1n) is 14.2. The highest BCUT2D eigenvalue weighted by molar-refractivity contribution is 6.90. The zero-order valence-corrected chi connectivity index (χ0v) is 26.4. The van der Waals surface area contributed by atoms with E-state index in [1.165, 1.54) is 0 Å². The first kappa shape index (κ1) is 32.1. The van der Waals surface area contributed by atoms with Crippen LogP contribution >= 0.6 is 0 Å². The monoisotopic (exact) mass is 576 g/mol. The molecule has 2 aromatic carbocycles. The van der Waals surface area contributed by atoms with Crippen molar-refractivity contribution in [3.8, 4) is 35.3 Å². The molecule has 2 aromatic heterocycles. The van der Waals surface area contributed by atoms with E-state index >= 15 is 0 Å². The molecule has 0 bridgehead atoms. The third kappa shape index (κ3) is 9.29. The van der Waals surface area contributed by atoms with Gasteiger partial charge >= 0.3 is 0 Å². The number of benzene rings is 2. The van der Waals surface area contributed by atoms with Crippen molar-refractivity contribution in [2.75, 3.05) is 0 Å². The van der Waals surface area contributed by atoms with E-state index in [1.54, 1.807) is 24.8 Å². The molecular weight excluding hydrogens is 536 g/mol. The fourth-order valence-electron chi connectivity index (χ4n) is 5.00. The van der Waals surface area contributed by atoms with Crippen LogP contribution in [0.2, 0.25) is 16.6 Å². The van der Waals surface area contributed by atoms with E-state index in [0.29, 0.717) is 53.0 Å². The molecule has 2 heterocycles. The van der Waals surface area contributed by atoms with Crippen LogP contribution in [0.15, 0.2) is 85.5 Å². The number of hydrogen-bond acceptors (Lipinski definition) is 6. The average molecular weight is 577 g/mol. The van der Waals surface area contributed by atoms with Gasteiger partial charge in [0.2, 0.25) is 11.6 Å². The molecule has 42 heavy (non-hydrogen) atoms. The summed E-state index contributed by atoms with van der Waals surface area (Å²) in [6.45, 7) is 14.9. The molecule has 0 unspecified atom stereocenters. The Morgan fingerprint density at radius 3 is 1.36 bits per heavy atom. The molecule has 0 radical (unpaired) electrons. The van der Waals surface area contributed by atoms with E-state index in [0.717, 1.165) is 11.1 Å². The van der Waals surface area contributed by atoms with Gasteiger partial charge in [-0.25, -0.2) is 19.9 Å². The number of ether oxygens (including phenoxy) is 2. The van der Waals surface area contributed by atoms with Gasteiger partial charge in [0.25, 0.3) is 0 Å². The molecule has 0 saturated heterocycles. The van der Waals surface area contributed by atoms with Gasteiger partial charge < -0.3 is 9.47 Å². The molecule has 0 saturated carbocycles. The summed E-state index contributed by atoms with van der Waals surface area (Å²) in [7, 11) is -1.76. The molecule has 0 atom stereocenters. The summed E-state index contributed by atoms with van der Waals surface area (Å²) in [4.78, 5) is 16.6. The van der Waals surface area contributed by atoms with E-state index in [9.17, 15) is 0 Å². The lowest BCUT2D eigenvalue weighted by atomic mass is 10.2.